The van der Waals surface area contributed by atoms with Crippen LogP contribution in [0.25, 0.3) is 10.4 Å². The second-order valence-corrected chi connectivity index (χ2v) is 6.19. The highest BCUT2D eigenvalue weighted by Crippen LogP contribution is 2.31. The molecule has 5 nitrogen and oxygen atoms in total. The fraction of sp³-hybridized carbons (Fsp3) is 0.0556. The van der Waals surface area contributed by atoms with Crippen LogP contribution in [0.15, 0.2) is 66.0 Å². The number of carbonyl (C=O) groups excluding carboxylic acids is 1. The van der Waals surface area contributed by atoms with Crippen molar-refractivity contribution in [1.82, 2.24) is 5.43 Å². The molecule has 0 aliphatic carbocycles. The van der Waals surface area contributed by atoms with E-state index in [2.05, 4.69) is 5.43 Å². The summed E-state index contributed by atoms with van der Waals surface area (Å²) in [4.78, 5) is 13.0. The first-order valence-electron chi connectivity index (χ1n) is 7.45. The van der Waals surface area contributed by atoms with Gasteiger partial charge in [0, 0.05) is 11.4 Å². The highest BCUT2D eigenvalue weighted by Gasteiger charge is 2.16. The van der Waals surface area contributed by atoms with Crippen LogP contribution in [0, 0.1) is 0 Å². The van der Waals surface area contributed by atoms with E-state index in [0.717, 1.165) is 16.0 Å². The predicted octanol–water partition coefficient (Wildman–Crippen LogP) is 3.59. The van der Waals surface area contributed by atoms with Crippen LogP contribution in [0.5, 0.6) is 0 Å². The maximum atomic E-state index is 11.9. The van der Waals surface area contributed by atoms with E-state index in [0.29, 0.717) is 17.9 Å². The fourth-order valence-corrected chi connectivity index (χ4v) is 3.11. The van der Waals surface area contributed by atoms with Gasteiger partial charge in [-0.1, -0.05) is 42.5 Å². The molecule has 6 heteroatoms. The summed E-state index contributed by atoms with van der Waals surface area (Å²) in [6.07, 6.45) is 0. The summed E-state index contributed by atoms with van der Waals surface area (Å²) in [6.45, 7) is 0.465. The van der Waals surface area contributed by atoms with Crippen molar-refractivity contribution < 1.29 is 4.79 Å². The van der Waals surface area contributed by atoms with Crippen molar-refractivity contribution in [3.8, 4) is 10.4 Å². The van der Waals surface area contributed by atoms with Crippen LogP contribution in [-0.2, 0) is 6.54 Å². The Hall–Kier alpha value is -2.83. The minimum Gasteiger partial charge on any atom is -0.397 e. The zero-order valence-corrected chi connectivity index (χ0v) is 13.8. The number of benzene rings is 2. The molecule has 3 rings (SSSR count). The van der Waals surface area contributed by atoms with E-state index in [1.54, 1.807) is 17.4 Å². The molecule has 0 unspecified atom stereocenters. The van der Waals surface area contributed by atoms with E-state index in [1.807, 2.05) is 60.0 Å². The van der Waals surface area contributed by atoms with Gasteiger partial charge in [0.1, 0.15) is 0 Å². The number of rotatable bonds is 5. The topological polar surface area (TPSA) is 84.4 Å². The molecule has 2 aromatic carbocycles. The van der Waals surface area contributed by atoms with E-state index >= 15 is 0 Å². The van der Waals surface area contributed by atoms with Crippen LogP contribution in [0.1, 0.15) is 5.56 Å². The molecule has 5 N–H and O–H groups in total. The van der Waals surface area contributed by atoms with Gasteiger partial charge in [0.25, 0.3) is 0 Å². The van der Waals surface area contributed by atoms with E-state index in [1.165, 1.54) is 5.01 Å². The van der Waals surface area contributed by atoms with Crippen LogP contribution < -0.4 is 21.9 Å². The van der Waals surface area contributed by atoms with Gasteiger partial charge in [0.2, 0.25) is 0 Å². The molecule has 122 valence electrons. The molecule has 0 bridgehead atoms. The number of amides is 2. The Bertz CT molecular complexity index is 818. The molecule has 0 saturated heterocycles. The van der Waals surface area contributed by atoms with Crippen molar-refractivity contribution >= 4 is 28.7 Å². The van der Waals surface area contributed by atoms with Gasteiger partial charge in [0.15, 0.2) is 0 Å². The Labute approximate surface area is 144 Å². The van der Waals surface area contributed by atoms with Crippen molar-refractivity contribution in [3.05, 3.63) is 71.6 Å². The van der Waals surface area contributed by atoms with Gasteiger partial charge in [-0.15, -0.1) is 11.3 Å². The molecule has 24 heavy (non-hydrogen) atoms. The number of carbonyl (C=O) groups is 1. The van der Waals surface area contributed by atoms with Crippen molar-refractivity contribution in [2.24, 2.45) is 5.73 Å². The average Bonchev–Trinajstić information content (AvgIpc) is 3.12. The minimum atomic E-state index is -0.610. The number of thiophene rings is 1. The molecule has 0 saturated carbocycles. The number of nitrogens with one attached hydrogen (secondary N) is 1. The van der Waals surface area contributed by atoms with Gasteiger partial charge in [-0.25, -0.2) is 15.2 Å². The lowest BCUT2D eigenvalue weighted by molar-refractivity contribution is 0.251. The number of hydrogen-bond donors (Lipinski definition) is 3. The first kappa shape index (κ1) is 16.0. The Morgan fingerprint density at radius 1 is 1.08 bits per heavy atom. The lowest BCUT2D eigenvalue weighted by Crippen LogP contribution is -2.46. The number of anilines is 2. The van der Waals surface area contributed by atoms with Gasteiger partial charge in [-0.2, -0.15) is 0 Å². The molecule has 0 aliphatic rings. The molecule has 0 atom stereocenters. The second-order valence-electron chi connectivity index (χ2n) is 5.25. The lowest BCUT2D eigenvalue weighted by atomic mass is 10.1. The standard InChI is InChI=1S/C18H18N4OS/c19-15-9-8-14(17-7-4-10-24-17)11-16(15)22(18(20)23)21-12-13-5-2-1-3-6-13/h1-11,21H,12,19H2,(H2,20,23). The summed E-state index contributed by atoms with van der Waals surface area (Å²) in [6, 6.07) is 18.7. The van der Waals surface area contributed by atoms with E-state index in [9.17, 15) is 4.79 Å². The molecule has 3 aromatic rings. The van der Waals surface area contributed by atoms with Gasteiger partial charge in [-0.05, 0) is 34.7 Å². The van der Waals surface area contributed by atoms with E-state index in [-0.39, 0.29) is 0 Å². The molecule has 0 aliphatic heterocycles. The van der Waals surface area contributed by atoms with Crippen LogP contribution in [0.2, 0.25) is 0 Å². The molecular weight excluding hydrogens is 320 g/mol. The van der Waals surface area contributed by atoms with Crippen molar-refractivity contribution in [1.29, 1.82) is 0 Å². The summed E-state index contributed by atoms with van der Waals surface area (Å²) in [5.41, 5.74) is 17.7. The van der Waals surface area contributed by atoms with Crippen molar-refractivity contribution in [2.75, 3.05) is 10.7 Å². The lowest BCUT2D eigenvalue weighted by Gasteiger charge is -2.23. The Balaban J connectivity index is 1.88. The van der Waals surface area contributed by atoms with Crippen LogP contribution in [0.4, 0.5) is 16.2 Å². The highest BCUT2D eigenvalue weighted by molar-refractivity contribution is 7.13. The number of urea groups is 1. The minimum absolute atomic E-state index is 0.465. The second kappa shape index (κ2) is 7.16. The monoisotopic (exact) mass is 338 g/mol. The number of hydrogen-bond acceptors (Lipinski definition) is 4. The summed E-state index contributed by atoms with van der Waals surface area (Å²) in [7, 11) is 0. The molecule has 0 radical (unpaired) electrons. The summed E-state index contributed by atoms with van der Waals surface area (Å²) < 4.78 is 0. The maximum absolute atomic E-state index is 11.9. The largest absolute Gasteiger partial charge is 0.397 e. The molecule has 0 fully saturated rings. The highest BCUT2D eigenvalue weighted by atomic mass is 32.1. The third kappa shape index (κ3) is 3.56. The third-order valence-corrected chi connectivity index (χ3v) is 4.50. The number of nitrogens with zero attached hydrogens (tertiary/aromatic N) is 1. The van der Waals surface area contributed by atoms with Gasteiger partial charge >= 0.3 is 6.03 Å². The number of primary amides is 1. The normalized spacial score (nSPS) is 10.5. The predicted molar refractivity (Wildman–Crippen MR) is 99.5 cm³/mol. The van der Waals surface area contributed by atoms with Gasteiger partial charge < -0.3 is 11.5 Å². The number of hydrazine groups is 1. The van der Waals surface area contributed by atoms with Crippen molar-refractivity contribution in [3.63, 3.8) is 0 Å². The Kier molecular flexibility index (Phi) is 4.79. The third-order valence-electron chi connectivity index (χ3n) is 3.58. The van der Waals surface area contributed by atoms with E-state index in [4.69, 9.17) is 11.5 Å². The summed E-state index contributed by atoms with van der Waals surface area (Å²) in [5, 5.41) is 3.30. The molecule has 2 amide bonds. The SMILES string of the molecule is NC(=O)N(NCc1ccccc1)c1cc(-c2cccs2)ccc1N. The van der Waals surface area contributed by atoms with Crippen LogP contribution >= 0.6 is 11.3 Å². The number of nitrogens with two attached hydrogens (primary N) is 2. The fourth-order valence-electron chi connectivity index (χ4n) is 2.38. The smallest absolute Gasteiger partial charge is 0.333 e. The first-order valence-corrected chi connectivity index (χ1v) is 8.33. The summed E-state index contributed by atoms with van der Waals surface area (Å²) in [5.74, 6) is 0. The van der Waals surface area contributed by atoms with Gasteiger partial charge in [-0.3, -0.25) is 0 Å². The van der Waals surface area contributed by atoms with Crippen LogP contribution in [0.3, 0.4) is 0 Å². The van der Waals surface area contributed by atoms with E-state index < -0.39 is 6.03 Å². The molecular formula is C18H18N4OS. The number of nitrogen functional groups attached to an aromatic ring is 1. The first-order chi connectivity index (χ1) is 11.6. The summed E-state index contributed by atoms with van der Waals surface area (Å²) >= 11 is 1.62. The maximum Gasteiger partial charge on any atom is 0.333 e. The zero-order chi connectivity index (χ0) is 16.9. The quantitative estimate of drug-likeness (QED) is 0.491. The van der Waals surface area contributed by atoms with Crippen molar-refractivity contribution in [2.45, 2.75) is 6.54 Å². The molecule has 0 spiro atoms. The Morgan fingerprint density at radius 2 is 1.88 bits per heavy atom. The Morgan fingerprint density at radius 3 is 2.54 bits per heavy atom. The zero-order valence-electron chi connectivity index (χ0n) is 13.0. The average molecular weight is 338 g/mol. The molecule has 1 aromatic heterocycles. The van der Waals surface area contributed by atoms with Gasteiger partial charge in [0.05, 0.1) is 11.4 Å². The van der Waals surface area contributed by atoms with Crippen LogP contribution in [-0.4, -0.2) is 6.03 Å². The molecule has 1 heterocycles.